The smallest absolute Gasteiger partial charge is 0.328 e. The standard InChI is InChI=1S/C11H9NO3/c13-10(14)5-7-1-2-8-6-12-4-3-9(8)11(7)15/h3-6H,1-2H2,(H,13,14). The number of rotatable bonds is 1. The van der Waals surface area contributed by atoms with Crippen molar-refractivity contribution in [1.29, 1.82) is 0 Å². The van der Waals surface area contributed by atoms with Gasteiger partial charge in [0.05, 0.1) is 0 Å². The highest BCUT2D eigenvalue weighted by molar-refractivity contribution is 6.12. The Morgan fingerprint density at radius 1 is 1.47 bits per heavy atom. The van der Waals surface area contributed by atoms with Gasteiger partial charge in [0.25, 0.3) is 0 Å². The van der Waals surface area contributed by atoms with E-state index in [2.05, 4.69) is 4.98 Å². The summed E-state index contributed by atoms with van der Waals surface area (Å²) in [6.45, 7) is 0. The molecule has 76 valence electrons. The fourth-order valence-corrected chi connectivity index (χ4v) is 1.69. The number of fused-ring (bicyclic) bond motifs is 1. The Morgan fingerprint density at radius 3 is 3.00 bits per heavy atom. The lowest BCUT2D eigenvalue weighted by atomic mass is 9.88. The third kappa shape index (κ3) is 1.79. The Balaban J connectivity index is 2.42. The van der Waals surface area contributed by atoms with Crippen molar-refractivity contribution in [3.8, 4) is 0 Å². The predicted molar refractivity (Wildman–Crippen MR) is 52.6 cm³/mol. The van der Waals surface area contributed by atoms with E-state index in [9.17, 15) is 9.59 Å². The number of carboxylic acids is 1. The van der Waals surface area contributed by atoms with Crippen molar-refractivity contribution in [3.63, 3.8) is 0 Å². The van der Waals surface area contributed by atoms with E-state index in [1.807, 2.05) is 0 Å². The zero-order valence-corrected chi connectivity index (χ0v) is 7.93. The molecule has 4 heteroatoms. The summed E-state index contributed by atoms with van der Waals surface area (Å²) in [5, 5.41) is 8.59. The van der Waals surface area contributed by atoms with Gasteiger partial charge in [-0.15, -0.1) is 0 Å². The van der Waals surface area contributed by atoms with Crippen LogP contribution in [0.4, 0.5) is 0 Å². The van der Waals surface area contributed by atoms with Crippen LogP contribution in [0.25, 0.3) is 0 Å². The highest BCUT2D eigenvalue weighted by atomic mass is 16.4. The minimum Gasteiger partial charge on any atom is -0.478 e. The largest absolute Gasteiger partial charge is 0.478 e. The molecule has 1 aliphatic rings. The molecule has 0 atom stereocenters. The molecule has 0 unspecified atom stereocenters. The average Bonchev–Trinajstić information content (AvgIpc) is 2.22. The molecule has 0 fully saturated rings. The van der Waals surface area contributed by atoms with E-state index >= 15 is 0 Å². The van der Waals surface area contributed by atoms with Gasteiger partial charge in [-0.05, 0) is 24.5 Å². The van der Waals surface area contributed by atoms with Crippen LogP contribution in [0, 0.1) is 0 Å². The Kier molecular flexibility index (Phi) is 2.33. The number of carboxylic acid groups (broad SMARTS) is 1. The first kappa shape index (κ1) is 9.58. The second-order valence-electron chi connectivity index (χ2n) is 3.37. The van der Waals surface area contributed by atoms with Crippen LogP contribution in [-0.4, -0.2) is 21.8 Å². The number of carbonyl (C=O) groups is 2. The molecule has 2 rings (SSSR count). The van der Waals surface area contributed by atoms with E-state index in [1.54, 1.807) is 18.5 Å². The highest BCUT2D eigenvalue weighted by Crippen LogP contribution is 2.23. The predicted octanol–water partition coefficient (Wildman–Crippen LogP) is 1.22. The number of Topliss-reactive ketones (excluding diaryl/α,β-unsaturated/α-hetero) is 1. The molecule has 0 aromatic carbocycles. The number of aryl methyl sites for hydroxylation is 1. The van der Waals surface area contributed by atoms with E-state index in [-0.39, 0.29) is 5.78 Å². The Morgan fingerprint density at radius 2 is 2.27 bits per heavy atom. The topological polar surface area (TPSA) is 67.3 Å². The van der Waals surface area contributed by atoms with Crippen LogP contribution in [0.3, 0.4) is 0 Å². The number of hydrogen-bond acceptors (Lipinski definition) is 3. The molecule has 0 bridgehead atoms. The van der Waals surface area contributed by atoms with Gasteiger partial charge < -0.3 is 5.11 Å². The SMILES string of the molecule is O=C(O)C=C1CCc2cnccc2C1=O. The summed E-state index contributed by atoms with van der Waals surface area (Å²) in [6, 6.07) is 1.63. The van der Waals surface area contributed by atoms with Gasteiger partial charge in [0.15, 0.2) is 5.78 Å². The molecule has 0 saturated heterocycles. The maximum absolute atomic E-state index is 11.8. The minimum absolute atomic E-state index is 0.193. The first-order valence-electron chi connectivity index (χ1n) is 4.59. The van der Waals surface area contributed by atoms with Gasteiger partial charge in [0.2, 0.25) is 0 Å². The maximum atomic E-state index is 11.8. The molecule has 1 aliphatic carbocycles. The number of carbonyl (C=O) groups excluding carboxylic acids is 1. The zero-order valence-electron chi connectivity index (χ0n) is 7.93. The molecule has 1 N–H and O–H groups in total. The van der Waals surface area contributed by atoms with Crippen LogP contribution >= 0.6 is 0 Å². The van der Waals surface area contributed by atoms with E-state index in [4.69, 9.17) is 5.11 Å². The van der Waals surface area contributed by atoms with Gasteiger partial charge in [-0.3, -0.25) is 9.78 Å². The number of aromatic nitrogens is 1. The Bertz CT molecular complexity index is 463. The van der Waals surface area contributed by atoms with Gasteiger partial charge in [0, 0.05) is 29.6 Å². The van der Waals surface area contributed by atoms with E-state index in [0.29, 0.717) is 24.0 Å². The highest BCUT2D eigenvalue weighted by Gasteiger charge is 2.22. The molecular formula is C11H9NO3. The minimum atomic E-state index is -1.07. The third-order valence-corrected chi connectivity index (χ3v) is 2.40. The van der Waals surface area contributed by atoms with Gasteiger partial charge in [-0.2, -0.15) is 0 Å². The van der Waals surface area contributed by atoms with Crippen LogP contribution < -0.4 is 0 Å². The summed E-state index contributed by atoms with van der Waals surface area (Å²) in [4.78, 5) is 26.2. The summed E-state index contributed by atoms with van der Waals surface area (Å²) in [5.41, 5.74) is 1.83. The first-order chi connectivity index (χ1) is 7.18. The summed E-state index contributed by atoms with van der Waals surface area (Å²) < 4.78 is 0. The molecule has 0 saturated carbocycles. The number of ketones is 1. The number of hydrogen-bond donors (Lipinski definition) is 1. The molecular weight excluding hydrogens is 194 g/mol. The second kappa shape index (κ2) is 3.65. The van der Waals surface area contributed by atoms with Crippen molar-refractivity contribution in [3.05, 3.63) is 41.2 Å². The molecule has 1 aromatic heterocycles. The monoisotopic (exact) mass is 203 g/mol. The number of aliphatic carboxylic acids is 1. The summed E-state index contributed by atoms with van der Waals surface area (Å²) in [7, 11) is 0. The lowest BCUT2D eigenvalue weighted by Crippen LogP contribution is -2.15. The van der Waals surface area contributed by atoms with Crippen molar-refractivity contribution in [2.45, 2.75) is 12.8 Å². The fraction of sp³-hybridized carbons (Fsp3) is 0.182. The molecule has 0 spiro atoms. The van der Waals surface area contributed by atoms with Gasteiger partial charge in [0.1, 0.15) is 0 Å². The van der Waals surface area contributed by atoms with Gasteiger partial charge >= 0.3 is 5.97 Å². The van der Waals surface area contributed by atoms with Gasteiger partial charge in [-0.1, -0.05) is 0 Å². The molecule has 0 aliphatic heterocycles. The van der Waals surface area contributed by atoms with Crippen LogP contribution in [0.5, 0.6) is 0 Å². The van der Waals surface area contributed by atoms with Crippen LogP contribution in [0.15, 0.2) is 30.1 Å². The number of allylic oxidation sites excluding steroid dienone is 1. The quantitative estimate of drug-likeness (QED) is 0.697. The van der Waals surface area contributed by atoms with Crippen LogP contribution in [0.2, 0.25) is 0 Å². The van der Waals surface area contributed by atoms with Gasteiger partial charge in [-0.25, -0.2) is 4.79 Å². The number of pyridine rings is 1. The second-order valence-corrected chi connectivity index (χ2v) is 3.37. The van der Waals surface area contributed by atoms with Crippen molar-refractivity contribution < 1.29 is 14.7 Å². The average molecular weight is 203 g/mol. The van der Waals surface area contributed by atoms with Crippen LogP contribution in [0.1, 0.15) is 22.3 Å². The van der Waals surface area contributed by atoms with Crippen molar-refractivity contribution in [1.82, 2.24) is 4.98 Å². The van der Waals surface area contributed by atoms with Crippen LogP contribution in [-0.2, 0) is 11.2 Å². The molecule has 1 heterocycles. The third-order valence-electron chi connectivity index (χ3n) is 2.40. The fourth-order valence-electron chi connectivity index (χ4n) is 1.69. The normalized spacial score (nSPS) is 17.6. The Labute approximate surface area is 86.3 Å². The lowest BCUT2D eigenvalue weighted by molar-refractivity contribution is -0.131. The van der Waals surface area contributed by atoms with Crippen molar-refractivity contribution in [2.75, 3.05) is 0 Å². The lowest BCUT2D eigenvalue weighted by Gasteiger charge is -2.15. The van der Waals surface area contributed by atoms with Crippen molar-refractivity contribution in [2.24, 2.45) is 0 Å². The number of nitrogens with zero attached hydrogens (tertiary/aromatic N) is 1. The Hall–Kier alpha value is -1.97. The molecule has 4 nitrogen and oxygen atoms in total. The van der Waals surface area contributed by atoms with E-state index in [0.717, 1.165) is 11.6 Å². The summed E-state index contributed by atoms with van der Waals surface area (Å²) in [6.07, 6.45) is 5.34. The van der Waals surface area contributed by atoms with Crippen molar-refractivity contribution >= 4 is 11.8 Å². The van der Waals surface area contributed by atoms with E-state index < -0.39 is 5.97 Å². The molecule has 0 radical (unpaired) electrons. The zero-order chi connectivity index (χ0) is 10.8. The molecule has 15 heavy (non-hydrogen) atoms. The first-order valence-corrected chi connectivity index (χ1v) is 4.59. The summed E-state index contributed by atoms with van der Waals surface area (Å²) >= 11 is 0. The summed E-state index contributed by atoms with van der Waals surface area (Å²) in [5.74, 6) is -1.27. The maximum Gasteiger partial charge on any atom is 0.328 e. The molecule has 0 amide bonds. The van der Waals surface area contributed by atoms with E-state index in [1.165, 1.54) is 0 Å². The molecule has 1 aromatic rings.